The highest BCUT2D eigenvalue weighted by Crippen LogP contribution is 2.41. The van der Waals surface area contributed by atoms with Crippen LogP contribution in [0.15, 0.2) is 36.4 Å². The number of rotatable bonds is 3. The van der Waals surface area contributed by atoms with Gasteiger partial charge in [-0.15, -0.1) is 0 Å². The molecule has 0 N–H and O–H groups in total. The van der Waals surface area contributed by atoms with Crippen LogP contribution < -0.4 is 0 Å². The Bertz CT molecular complexity index is 957. The number of aryl methyl sites for hydroxylation is 1. The van der Waals surface area contributed by atoms with Crippen LogP contribution in [0.25, 0.3) is 11.1 Å². The molecule has 6 heteroatoms. The Kier molecular flexibility index (Phi) is 5.65. The molecule has 3 rings (SSSR count). The molecule has 154 valence electrons. The van der Waals surface area contributed by atoms with Crippen LogP contribution >= 0.6 is 11.6 Å². The minimum Gasteiger partial charge on any atom is -0.299 e. The van der Waals surface area contributed by atoms with E-state index >= 15 is 0 Å². The number of alkyl halides is 3. The van der Waals surface area contributed by atoms with Gasteiger partial charge in [0.25, 0.3) is 0 Å². The molecule has 1 aliphatic rings. The molecule has 0 aliphatic heterocycles. The lowest BCUT2D eigenvalue weighted by Crippen LogP contribution is -2.36. The predicted octanol–water partition coefficient (Wildman–Crippen LogP) is 6.63. The minimum atomic E-state index is -4.57. The van der Waals surface area contributed by atoms with Gasteiger partial charge in [-0.3, -0.25) is 9.59 Å². The van der Waals surface area contributed by atoms with E-state index in [1.165, 1.54) is 12.1 Å². The molecule has 2 aromatic carbocycles. The van der Waals surface area contributed by atoms with Crippen molar-refractivity contribution < 1.29 is 22.8 Å². The first-order valence-electron chi connectivity index (χ1n) is 9.48. The maximum absolute atomic E-state index is 13.2. The van der Waals surface area contributed by atoms with Gasteiger partial charge < -0.3 is 0 Å². The molecule has 2 nitrogen and oxygen atoms in total. The molecule has 0 heterocycles. The lowest BCUT2D eigenvalue weighted by atomic mass is 9.69. The fraction of sp³-hybridized carbons (Fsp3) is 0.391. The SMILES string of the molecule is CCc1ccc(-c2ccc(Cl)c(C(F)(F)F)c2)cc1C1C(=O)CC(C)(C)CC1=O. The van der Waals surface area contributed by atoms with E-state index in [2.05, 4.69) is 0 Å². The summed E-state index contributed by atoms with van der Waals surface area (Å²) in [6.07, 6.45) is -3.35. The smallest absolute Gasteiger partial charge is 0.299 e. The van der Waals surface area contributed by atoms with Gasteiger partial charge in [0.05, 0.1) is 10.6 Å². The van der Waals surface area contributed by atoms with Crippen molar-refractivity contribution in [2.75, 3.05) is 0 Å². The number of carbonyl (C=O) groups excluding carboxylic acids is 2. The third kappa shape index (κ3) is 4.40. The van der Waals surface area contributed by atoms with E-state index in [0.29, 0.717) is 36.0 Å². The van der Waals surface area contributed by atoms with Crippen molar-refractivity contribution in [1.29, 1.82) is 0 Å². The third-order valence-corrected chi connectivity index (χ3v) is 5.72. The van der Waals surface area contributed by atoms with Gasteiger partial charge in [0, 0.05) is 12.8 Å². The molecule has 0 saturated heterocycles. The quantitative estimate of drug-likeness (QED) is 0.520. The number of carbonyl (C=O) groups is 2. The molecule has 0 amide bonds. The van der Waals surface area contributed by atoms with Crippen LogP contribution in [-0.4, -0.2) is 11.6 Å². The summed E-state index contributed by atoms with van der Waals surface area (Å²) >= 11 is 5.72. The molecule has 1 fully saturated rings. The topological polar surface area (TPSA) is 34.1 Å². The van der Waals surface area contributed by atoms with Crippen molar-refractivity contribution in [1.82, 2.24) is 0 Å². The van der Waals surface area contributed by atoms with Gasteiger partial charge in [0.15, 0.2) is 0 Å². The Hall–Kier alpha value is -2.14. The summed E-state index contributed by atoms with van der Waals surface area (Å²) in [5, 5.41) is -0.369. The number of Topliss-reactive ketones (excluding diaryl/α,β-unsaturated/α-hetero) is 2. The van der Waals surface area contributed by atoms with E-state index in [-0.39, 0.29) is 22.0 Å². The van der Waals surface area contributed by atoms with E-state index in [1.807, 2.05) is 20.8 Å². The molecule has 1 saturated carbocycles. The number of ketones is 2. The molecule has 0 aromatic heterocycles. The Morgan fingerprint density at radius 3 is 2.10 bits per heavy atom. The van der Waals surface area contributed by atoms with E-state index < -0.39 is 17.7 Å². The summed E-state index contributed by atoms with van der Waals surface area (Å²) in [7, 11) is 0. The molecule has 0 unspecified atom stereocenters. The standard InChI is InChI=1S/C23H22ClF3O2/c1-4-13-5-6-14(15-7-8-18(24)17(10-15)23(25,26)27)9-16(13)21-19(28)11-22(2,3)12-20(21)29/h5-10,21H,4,11-12H2,1-3H3. The van der Waals surface area contributed by atoms with Crippen molar-refractivity contribution >= 4 is 23.2 Å². The first-order valence-corrected chi connectivity index (χ1v) is 9.86. The van der Waals surface area contributed by atoms with Crippen molar-refractivity contribution in [2.45, 2.75) is 52.1 Å². The summed E-state index contributed by atoms with van der Waals surface area (Å²) in [6, 6.07) is 8.91. The van der Waals surface area contributed by atoms with Gasteiger partial charge in [0.2, 0.25) is 0 Å². The molecule has 29 heavy (non-hydrogen) atoms. The van der Waals surface area contributed by atoms with Crippen molar-refractivity contribution in [3.8, 4) is 11.1 Å². The molecule has 0 radical (unpaired) electrons. The fourth-order valence-electron chi connectivity index (χ4n) is 4.02. The zero-order valence-electron chi connectivity index (χ0n) is 16.5. The van der Waals surface area contributed by atoms with Gasteiger partial charge >= 0.3 is 6.18 Å². The molecule has 1 aliphatic carbocycles. The van der Waals surface area contributed by atoms with E-state index in [9.17, 15) is 22.8 Å². The highest BCUT2D eigenvalue weighted by Gasteiger charge is 2.41. The molecular weight excluding hydrogens is 401 g/mol. The highest BCUT2D eigenvalue weighted by molar-refractivity contribution is 6.31. The zero-order valence-corrected chi connectivity index (χ0v) is 17.2. The van der Waals surface area contributed by atoms with Gasteiger partial charge in [-0.05, 0) is 52.3 Å². The van der Waals surface area contributed by atoms with Crippen LogP contribution in [0.3, 0.4) is 0 Å². The molecule has 0 bridgehead atoms. The maximum atomic E-state index is 13.2. The molecule has 0 spiro atoms. The van der Waals surface area contributed by atoms with Crippen molar-refractivity contribution in [3.63, 3.8) is 0 Å². The first kappa shape index (κ1) is 21.6. The number of hydrogen-bond donors (Lipinski definition) is 0. The maximum Gasteiger partial charge on any atom is 0.417 e. The van der Waals surface area contributed by atoms with E-state index in [0.717, 1.165) is 11.6 Å². The Balaban J connectivity index is 2.10. The average molecular weight is 423 g/mol. The minimum absolute atomic E-state index is 0.134. The molecule has 2 aromatic rings. The number of halogens is 4. The second-order valence-corrected chi connectivity index (χ2v) is 8.75. The van der Waals surface area contributed by atoms with Crippen LogP contribution in [0.1, 0.15) is 56.2 Å². The summed E-state index contributed by atoms with van der Waals surface area (Å²) in [6.45, 7) is 5.70. The highest BCUT2D eigenvalue weighted by atomic mass is 35.5. The summed E-state index contributed by atoms with van der Waals surface area (Å²) < 4.78 is 39.7. The van der Waals surface area contributed by atoms with Crippen LogP contribution in [0.4, 0.5) is 13.2 Å². The fourth-order valence-corrected chi connectivity index (χ4v) is 4.25. The lowest BCUT2D eigenvalue weighted by molar-refractivity contribution is -0.138. The van der Waals surface area contributed by atoms with Gasteiger partial charge in [-0.1, -0.05) is 50.6 Å². The monoisotopic (exact) mass is 422 g/mol. The Morgan fingerprint density at radius 1 is 1.00 bits per heavy atom. The van der Waals surface area contributed by atoms with Gasteiger partial charge in [-0.2, -0.15) is 13.2 Å². The lowest BCUT2D eigenvalue weighted by Gasteiger charge is -2.33. The average Bonchev–Trinajstić information content (AvgIpc) is 2.59. The normalized spacial score (nSPS) is 17.6. The summed E-state index contributed by atoms with van der Waals surface area (Å²) in [5.41, 5.74) is 1.02. The Morgan fingerprint density at radius 2 is 1.55 bits per heavy atom. The van der Waals surface area contributed by atoms with Crippen molar-refractivity contribution in [2.24, 2.45) is 5.41 Å². The zero-order chi connectivity index (χ0) is 21.6. The van der Waals surface area contributed by atoms with Gasteiger partial charge in [-0.25, -0.2) is 0 Å². The van der Waals surface area contributed by atoms with Crippen LogP contribution in [-0.2, 0) is 22.2 Å². The molecular formula is C23H22ClF3O2. The summed E-state index contributed by atoms with van der Waals surface area (Å²) in [5.74, 6) is -1.12. The first-order chi connectivity index (χ1) is 13.4. The van der Waals surface area contributed by atoms with E-state index in [1.54, 1.807) is 18.2 Å². The predicted molar refractivity (Wildman–Crippen MR) is 107 cm³/mol. The van der Waals surface area contributed by atoms with Crippen molar-refractivity contribution in [3.05, 3.63) is 58.1 Å². The summed E-state index contributed by atoms with van der Waals surface area (Å²) in [4.78, 5) is 25.6. The van der Waals surface area contributed by atoms with Crippen LogP contribution in [0.5, 0.6) is 0 Å². The second kappa shape index (κ2) is 7.60. The van der Waals surface area contributed by atoms with Gasteiger partial charge in [0.1, 0.15) is 17.5 Å². The van der Waals surface area contributed by atoms with Crippen LogP contribution in [0.2, 0.25) is 5.02 Å². The largest absolute Gasteiger partial charge is 0.417 e. The number of benzene rings is 2. The van der Waals surface area contributed by atoms with E-state index in [4.69, 9.17) is 11.6 Å². The van der Waals surface area contributed by atoms with Crippen LogP contribution in [0, 0.1) is 5.41 Å². The second-order valence-electron chi connectivity index (χ2n) is 8.34. The molecule has 0 atom stereocenters. The Labute approximate surface area is 173 Å². The third-order valence-electron chi connectivity index (χ3n) is 5.39. The number of hydrogen-bond acceptors (Lipinski definition) is 2.